The van der Waals surface area contributed by atoms with Crippen LogP contribution in [0, 0.1) is 13.8 Å². The van der Waals surface area contributed by atoms with Gasteiger partial charge in [0.15, 0.2) is 23.0 Å². The Hall–Kier alpha value is -5.25. The van der Waals surface area contributed by atoms with E-state index in [9.17, 15) is 4.79 Å². The largest absolute Gasteiger partial charge is 0.493 e. The van der Waals surface area contributed by atoms with Crippen molar-refractivity contribution < 1.29 is 28.5 Å². The summed E-state index contributed by atoms with van der Waals surface area (Å²) in [6, 6.07) is 14.7. The van der Waals surface area contributed by atoms with Gasteiger partial charge in [0.1, 0.15) is 5.56 Å². The number of methoxy groups -OCH3 is 4. The van der Waals surface area contributed by atoms with E-state index < -0.39 is 5.91 Å². The van der Waals surface area contributed by atoms with E-state index in [4.69, 9.17) is 23.7 Å². The van der Waals surface area contributed by atoms with Gasteiger partial charge >= 0.3 is 0 Å². The van der Waals surface area contributed by atoms with E-state index in [0.717, 1.165) is 16.7 Å². The van der Waals surface area contributed by atoms with Crippen molar-refractivity contribution in [2.45, 2.75) is 20.3 Å². The van der Waals surface area contributed by atoms with Crippen molar-refractivity contribution in [1.29, 1.82) is 0 Å². The van der Waals surface area contributed by atoms with Crippen molar-refractivity contribution in [2.75, 3.05) is 39.1 Å². The van der Waals surface area contributed by atoms with Gasteiger partial charge in [-0.05, 0) is 49.1 Å². The highest BCUT2D eigenvalue weighted by molar-refractivity contribution is 6.06. The van der Waals surface area contributed by atoms with Crippen molar-refractivity contribution in [3.63, 3.8) is 0 Å². The number of hydrogen-bond acceptors (Lipinski definition) is 9. The average molecular weight is 571 g/mol. The van der Waals surface area contributed by atoms with Crippen LogP contribution in [0.4, 0.5) is 17.3 Å². The molecule has 42 heavy (non-hydrogen) atoms. The van der Waals surface area contributed by atoms with Crippen LogP contribution in [0.5, 0.6) is 34.6 Å². The maximum atomic E-state index is 13.5. The monoisotopic (exact) mass is 570 g/mol. The number of rotatable bonds is 12. The lowest BCUT2D eigenvalue weighted by atomic mass is 10.1. The van der Waals surface area contributed by atoms with E-state index >= 15 is 0 Å². The summed E-state index contributed by atoms with van der Waals surface area (Å²) in [6.45, 7) is 7.65. The minimum absolute atomic E-state index is 0.0263. The Labute approximate surface area is 245 Å². The second-order valence-corrected chi connectivity index (χ2v) is 9.25. The summed E-state index contributed by atoms with van der Waals surface area (Å²) in [7, 11) is 6.13. The first kappa shape index (κ1) is 29.7. The van der Waals surface area contributed by atoms with Crippen LogP contribution in [0.2, 0.25) is 0 Å². The van der Waals surface area contributed by atoms with Crippen LogP contribution >= 0.6 is 0 Å². The highest BCUT2D eigenvalue weighted by Gasteiger charge is 2.21. The number of aromatic nitrogens is 2. The summed E-state index contributed by atoms with van der Waals surface area (Å²) in [6.07, 6.45) is 3.87. The highest BCUT2D eigenvalue weighted by Crippen LogP contribution is 2.41. The SMILES string of the molecule is C=CCc1ccc(Oc2nc(Nc3cc(OC)c(OC)c(OC)c3)ncc2C(=O)Nc2c(C)cccc2C)c(OC)c1. The molecular formula is C32H34N4O6. The molecule has 10 nitrogen and oxygen atoms in total. The topological polar surface area (TPSA) is 113 Å². The summed E-state index contributed by atoms with van der Waals surface area (Å²) >= 11 is 0. The van der Waals surface area contributed by atoms with Gasteiger partial charge in [-0.2, -0.15) is 4.98 Å². The number of para-hydroxylation sites is 1. The summed E-state index contributed by atoms with van der Waals surface area (Å²) in [5.41, 5.74) is 4.24. The van der Waals surface area contributed by atoms with Gasteiger partial charge in [-0.1, -0.05) is 30.3 Å². The Morgan fingerprint density at radius 3 is 2.14 bits per heavy atom. The second kappa shape index (κ2) is 13.4. The normalized spacial score (nSPS) is 10.4. The molecule has 0 aliphatic carbocycles. The van der Waals surface area contributed by atoms with Crippen molar-refractivity contribution in [2.24, 2.45) is 0 Å². The quantitative estimate of drug-likeness (QED) is 0.181. The average Bonchev–Trinajstić information content (AvgIpc) is 2.99. The van der Waals surface area contributed by atoms with Gasteiger partial charge in [-0.25, -0.2) is 4.98 Å². The molecule has 218 valence electrons. The third-order valence-corrected chi connectivity index (χ3v) is 6.45. The molecule has 1 heterocycles. The number of carbonyl (C=O) groups is 1. The fourth-order valence-electron chi connectivity index (χ4n) is 4.33. The van der Waals surface area contributed by atoms with E-state index in [1.165, 1.54) is 27.5 Å². The van der Waals surface area contributed by atoms with Crippen LogP contribution in [0.25, 0.3) is 0 Å². The van der Waals surface area contributed by atoms with E-state index in [1.54, 1.807) is 31.4 Å². The van der Waals surface area contributed by atoms with E-state index in [2.05, 4.69) is 27.2 Å². The molecule has 3 aromatic carbocycles. The molecule has 0 unspecified atom stereocenters. The van der Waals surface area contributed by atoms with Crippen LogP contribution in [0.1, 0.15) is 27.0 Å². The van der Waals surface area contributed by atoms with Crippen molar-refractivity contribution in [3.8, 4) is 34.6 Å². The number of aryl methyl sites for hydroxylation is 2. The third-order valence-electron chi connectivity index (χ3n) is 6.45. The van der Waals surface area contributed by atoms with Gasteiger partial charge in [0.2, 0.25) is 17.6 Å². The van der Waals surface area contributed by atoms with Crippen LogP contribution in [0.3, 0.4) is 0 Å². The number of ether oxygens (including phenoxy) is 5. The molecule has 4 rings (SSSR count). The number of amides is 1. The van der Waals surface area contributed by atoms with E-state index in [-0.39, 0.29) is 17.4 Å². The molecule has 0 fully saturated rings. The number of hydrogen-bond donors (Lipinski definition) is 2. The standard InChI is InChI=1S/C32H34N4O6/c1-8-10-21-13-14-24(25(15-21)38-4)42-31-23(30(37)35-28-19(2)11-9-12-20(28)3)18-33-32(36-31)34-22-16-26(39-5)29(41-7)27(17-22)40-6/h8-9,11-18H,1,10H2,2-7H3,(H,35,37)(H,33,34,36). The molecule has 0 aliphatic rings. The molecule has 0 saturated heterocycles. The van der Waals surface area contributed by atoms with E-state index in [0.29, 0.717) is 46.5 Å². The number of nitrogens with zero attached hydrogens (tertiary/aromatic N) is 2. The molecular weight excluding hydrogens is 536 g/mol. The zero-order valence-corrected chi connectivity index (χ0v) is 24.5. The maximum absolute atomic E-state index is 13.5. The lowest BCUT2D eigenvalue weighted by Gasteiger charge is -2.17. The van der Waals surface area contributed by atoms with Crippen LogP contribution in [-0.2, 0) is 6.42 Å². The van der Waals surface area contributed by atoms with Crippen LogP contribution < -0.4 is 34.3 Å². The Balaban J connectivity index is 1.75. The smallest absolute Gasteiger partial charge is 0.262 e. The third kappa shape index (κ3) is 6.55. The van der Waals surface area contributed by atoms with Crippen molar-refractivity contribution in [1.82, 2.24) is 9.97 Å². The number of allylic oxidation sites excluding steroid dienone is 1. The van der Waals surface area contributed by atoms with Crippen LogP contribution in [0.15, 0.2) is 67.4 Å². The molecule has 0 bridgehead atoms. The molecule has 4 aromatic rings. The van der Waals surface area contributed by atoms with Gasteiger partial charge in [-0.3, -0.25) is 4.79 Å². The molecule has 0 radical (unpaired) electrons. The predicted molar refractivity (Wildman–Crippen MR) is 162 cm³/mol. The van der Waals surface area contributed by atoms with E-state index in [1.807, 2.05) is 44.2 Å². The lowest BCUT2D eigenvalue weighted by molar-refractivity contribution is 0.102. The minimum Gasteiger partial charge on any atom is -0.493 e. The first-order valence-corrected chi connectivity index (χ1v) is 13.1. The zero-order valence-electron chi connectivity index (χ0n) is 24.5. The molecule has 0 spiro atoms. The molecule has 0 aliphatic heterocycles. The molecule has 1 aromatic heterocycles. The number of benzene rings is 3. The fourth-order valence-corrected chi connectivity index (χ4v) is 4.33. The predicted octanol–water partition coefficient (Wildman–Crippen LogP) is 6.64. The fraction of sp³-hybridized carbons (Fsp3) is 0.219. The molecule has 10 heteroatoms. The Morgan fingerprint density at radius 1 is 0.881 bits per heavy atom. The highest BCUT2D eigenvalue weighted by atomic mass is 16.5. The minimum atomic E-state index is -0.427. The van der Waals surface area contributed by atoms with Gasteiger partial charge in [0.25, 0.3) is 5.91 Å². The van der Waals surface area contributed by atoms with Gasteiger partial charge in [0, 0.05) is 29.7 Å². The Kier molecular flexibility index (Phi) is 9.49. The second-order valence-electron chi connectivity index (χ2n) is 9.25. The Bertz CT molecular complexity index is 1560. The van der Waals surface area contributed by atoms with Crippen molar-refractivity contribution in [3.05, 3.63) is 89.6 Å². The zero-order chi connectivity index (χ0) is 30.2. The van der Waals surface area contributed by atoms with Gasteiger partial charge in [-0.15, -0.1) is 6.58 Å². The molecule has 0 atom stereocenters. The van der Waals surface area contributed by atoms with Crippen molar-refractivity contribution >= 4 is 23.2 Å². The molecule has 1 amide bonds. The number of anilines is 3. The Morgan fingerprint density at radius 2 is 1.55 bits per heavy atom. The summed E-state index contributed by atoms with van der Waals surface area (Å²) in [5, 5.41) is 6.11. The van der Waals surface area contributed by atoms with Gasteiger partial charge in [0.05, 0.1) is 28.4 Å². The maximum Gasteiger partial charge on any atom is 0.262 e. The van der Waals surface area contributed by atoms with Gasteiger partial charge < -0.3 is 34.3 Å². The summed E-state index contributed by atoms with van der Waals surface area (Å²) < 4.78 is 28.1. The number of carbonyl (C=O) groups excluding carboxylic acids is 1. The number of nitrogens with one attached hydrogen (secondary N) is 2. The van der Waals surface area contributed by atoms with Crippen LogP contribution in [-0.4, -0.2) is 44.3 Å². The summed E-state index contributed by atoms with van der Waals surface area (Å²) in [4.78, 5) is 22.5. The molecule has 2 N–H and O–H groups in total. The summed E-state index contributed by atoms with van der Waals surface area (Å²) in [5.74, 6) is 1.97. The lowest BCUT2D eigenvalue weighted by Crippen LogP contribution is -2.16. The first-order valence-electron chi connectivity index (χ1n) is 13.1. The molecule has 0 saturated carbocycles. The first-order chi connectivity index (χ1) is 20.3.